The lowest BCUT2D eigenvalue weighted by atomic mass is 10.1. The molecule has 3 rings (SSSR count). The molecule has 1 atom stereocenters. The number of carboxylic acids is 1. The van der Waals surface area contributed by atoms with Gasteiger partial charge in [0.15, 0.2) is 0 Å². The summed E-state index contributed by atoms with van der Waals surface area (Å²) < 4.78 is 16.0. The van der Waals surface area contributed by atoms with Crippen molar-refractivity contribution in [2.24, 2.45) is 0 Å². The number of hydrogen-bond acceptors (Lipinski definition) is 2. The number of nitrogens with zero attached hydrogens (tertiary/aromatic N) is 1. The van der Waals surface area contributed by atoms with Gasteiger partial charge in [0, 0.05) is 35.1 Å². The lowest BCUT2D eigenvalue weighted by Crippen LogP contribution is -2.27. The summed E-state index contributed by atoms with van der Waals surface area (Å²) in [5, 5.41) is 13.3. The third-order valence-electron chi connectivity index (χ3n) is 5.75. The maximum Gasteiger partial charge on any atom is 0.337 e. The normalized spacial score (nSPS) is 12.1. The van der Waals surface area contributed by atoms with E-state index in [1.54, 1.807) is 25.1 Å². The Morgan fingerprint density at radius 2 is 1.73 bits per heavy atom. The van der Waals surface area contributed by atoms with Crippen LogP contribution in [0.25, 0.3) is 0 Å². The van der Waals surface area contributed by atoms with E-state index in [4.69, 9.17) is 0 Å². The molecule has 0 amide bonds. The highest BCUT2D eigenvalue weighted by Gasteiger charge is 2.23. The summed E-state index contributed by atoms with van der Waals surface area (Å²) >= 11 is 0. The van der Waals surface area contributed by atoms with Crippen LogP contribution in [0.1, 0.15) is 51.8 Å². The van der Waals surface area contributed by atoms with Gasteiger partial charge in [0.2, 0.25) is 0 Å². The summed E-state index contributed by atoms with van der Waals surface area (Å²) in [4.78, 5) is 12.0. The zero-order chi connectivity index (χ0) is 21.7. The molecule has 2 N–H and O–H groups in total. The Hall–Kier alpha value is -2.92. The maximum atomic E-state index is 14.1. The third-order valence-corrected chi connectivity index (χ3v) is 5.75. The fourth-order valence-electron chi connectivity index (χ4n) is 3.89. The van der Waals surface area contributed by atoms with Gasteiger partial charge in [0.25, 0.3) is 0 Å². The van der Waals surface area contributed by atoms with Gasteiger partial charge < -0.3 is 15.0 Å². The first-order valence-electron chi connectivity index (χ1n) is 10.3. The Morgan fingerprint density at radius 1 is 1.07 bits per heavy atom. The summed E-state index contributed by atoms with van der Waals surface area (Å²) in [6, 6.07) is 17.2. The number of carbonyl (C=O) groups is 1. The van der Waals surface area contributed by atoms with Crippen LogP contribution in [0.15, 0.2) is 54.6 Å². The maximum absolute atomic E-state index is 14.1. The van der Waals surface area contributed by atoms with Gasteiger partial charge in [-0.3, -0.25) is 0 Å². The zero-order valence-electron chi connectivity index (χ0n) is 17.8. The lowest BCUT2D eigenvalue weighted by molar-refractivity contribution is 0.0694. The van der Waals surface area contributed by atoms with Crippen LogP contribution in [0.4, 0.5) is 4.39 Å². The van der Waals surface area contributed by atoms with Crippen molar-refractivity contribution in [3.05, 3.63) is 94.1 Å². The van der Waals surface area contributed by atoms with Crippen LogP contribution >= 0.6 is 0 Å². The van der Waals surface area contributed by atoms with Gasteiger partial charge in [-0.25, -0.2) is 9.18 Å². The van der Waals surface area contributed by atoms with E-state index >= 15 is 0 Å². The number of rotatable bonds is 9. The van der Waals surface area contributed by atoms with Gasteiger partial charge in [0.05, 0.1) is 12.1 Å². The average molecular weight is 409 g/mol. The van der Waals surface area contributed by atoms with Crippen molar-refractivity contribution in [3.63, 3.8) is 0 Å². The topological polar surface area (TPSA) is 54.3 Å². The van der Waals surface area contributed by atoms with E-state index in [9.17, 15) is 14.3 Å². The van der Waals surface area contributed by atoms with Crippen LogP contribution in [-0.2, 0) is 19.5 Å². The second-order valence-electron chi connectivity index (χ2n) is 7.81. The minimum absolute atomic E-state index is 0.237. The first-order valence-corrected chi connectivity index (χ1v) is 10.3. The predicted octanol–water partition coefficient (Wildman–Crippen LogP) is 5.10. The molecular weight excluding hydrogens is 379 g/mol. The Bertz CT molecular complexity index is 1010. The minimum atomic E-state index is -0.948. The molecule has 4 nitrogen and oxygen atoms in total. The number of aromatic carboxylic acids is 1. The first kappa shape index (κ1) is 21.8. The van der Waals surface area contributed by atoms with Crippen LogP contribution in [0.5, 0.6) is 0 Å². The molecule has 0 aliphatic rings. The van der Waals surface area contributed by atoms with E-state index < -0.39 is 5.97 Å². The molecular formula is C25H29FN2O2. The van der Waals surface area contributed by atoms with Gasteiger partial charge in [-0.2, -0.15) is 0 Å². The number of halogens is 1. The molecule has 158 valence electrons. The Morgan fingerprint density at radius 3 is 2.40 bits per heavy atom. The molecule has 1 heterocycles. The van der Waals surface area contributed by atoms with Crippen molar-refractivity contribution in [1.29, 1.82) is 0 Å². The van der Waals surface area contributed by atoms with Crippen molar-refractivity contribution in [1.82, 2.24) is 9.88 Å². The van der Waals surface area contributed by atoms with Gasteiger partial charge in [-0.15, -0.1) is 0 Å². The molecule has 0 aliphatic carbocycles. The van der Waals surface area contributed by atoms with Crippen LogP contribution in [-0.4, -0.2) is 21.7 Å². The monoisotopic (exact) mass is 408 g/mol. The summed E-state index contributed by atoms with van der Waals surface area (Å²) in [6.07, 6.45) is 1.92. The minimum Gasteiger partial charge on any atom is -0.478 e. The molecule has 30 heavy (non-hydrogen) atoms. The van der Waals surface area contributed by atoms with E-state index in [-0.39, 0.29) is 11.9 Å². The van der Waals surface area contributed by atoms with Crippen molar-refractivity contribution >= 4 is 5.97 Å². The van der Waals surface area contributed by atoms with Crippen molar-refractivity contribution in [2.75, 3.05) is 0 Å². The lowest BCUT2D eigenvalue weighted by Gasteiger charge is -2.15. The van der Waals surface area contributed by atoms with E-state index in [1.807, 2.05) is 29.7 Å². The van der Waals surface area contributed by atoms with E-state index in [0.29, 0.717) is 29.9 Å². The van der Waals surface area contributed by atoms with Crippen LogP contribution in [0.2, 0.25) is 0 Å². The number of hydrogen-bond donors (Lipinski definition) is 2. The van der Waals surface area contributed by atoms with Gasteiger partial charge in [-0.05, 0) is 45.2 Å². The average Bonchev–Trinajstić information content (AvgIpc) is 2.97. The van der Waals surface area contributed by atoms with Crippen LogP contribution in [0.3, 0.4) is 0 Å². The number of benzene rings is 2. The van der Waals surface area contributed by atoms with Crippen molar-refractivity contribution in [2.45, 2.75) is 52.7 Å². The summed E-state index contributed by atoms with van der Waals surface area (Å²) in [7, 11) is 0. The molecule has 0 saturated carbocycles. The summed E-state index contributed by atoms with van der Waals surface area (Å²) in [5.41, 5.74) is 4.43. The van der Waals surface area contributed by atoms with Gasteiger partial charge in [-0.1, -0.05) is 48.5 Å². The molecule has 0 radical (unpaired) electrons. The molecule has 2 aromatic carbocycles. The molecule has 0 fully saturated rings. The Kier molecular flexibility index (Phi) is 7.06. The van der Waals surface area contributed by atoms with Crippen molar-refractivity contribution in [3.8, 4) is 0 Å². The number of carboxylic acid groups (broad SMARTS) is 1. The van der Waals surface area contributed by atoms with E-state index in [1.165, 1.54) is 11.6 Å². The number of nitrogens with one attached hydrogen (secondary N) is 1. The Balaban J connectivity index is 1.75. The Labute approximate surface area is 177 Å². The van der Waals surface area contributed by atoms with Crippen molar-refractivity contribution < 1.29 is 14.3 Å². The molecule has 1 unspecified atom stereocenters. The molecule has 1 aromatic heterocycles. The molecule has 0 aliphatic heterocycles. The highest BCUT2D eigenvalue weighted by Crippen LogP contribution is 2.25. The highest BCUT2D eigenvalue weighted by atomic mass is 19.1. The van der Waals surface area contributed by atoms with Gasteiger partial charge >= 0.3 is 5.97 Å². The quantitative estimate of drug-likeness (QED) is 0.518. The standard InChI is InChI=1S/C25H29FN2O2/c1-17(13-14-20-9-5-4-6-10-20)27-15-22-18(2)28(19(3)24(22)25(29)30)16-21-11-7-8-12-23(21)26/h4-12,17,27H,13-16H2,1-3H3,(H,29,30). The van der Waals surface area contributed by atoms with Gasteiger partial charge in [0.1, 0.15) is 5.82 Å². The molecule has 5 heteroatoms. The second kappa shape index (κ2) is 9.72. The van der Waals surface area contributed by atoms with Crippen LogP contribution < -0.4 is 5.32 Å². The molecule has 0 saturated heterocycles. The largest absolute Gasteiger partial charge is 0.478 e. The predicted molar refractivity (Wildman–Crippen MR) is 117 cm³/mol. The summed E-state index contributed by atoms with van der Waals surface area (Å²) in [5.74, 6) is -1.23. The molecule has 3 aromatic rings. The van der Waals surface area contributed by atoms with Crippen LogP contribution in [0, 0.1) is 19.7 Å². The molecule has 0 spiro atoms. The van der Waals surface area contributed by atoms with E-state index in [2.05, 4.69) is 24.4 Å². The number of aryl methyl sites for hydroxylation is 1. The molecule has 0 bridgehead atoms. The zero-order valence-corrected chi connectivity index (χ0v) is 17.8. The second-order valence-corrected chi connectivity index (χ2v) is 7.81. The number of aromatic nitrogens is 1. The summed E-state index contributed by atoms with van der Waals surface area (Å²) in [6.45, 7) is 6.59. The fraction of sp³-hybridized carbons (Fsp3) is 0.320. The third kappa shape index (κ3) is 4.97. The first-order chi connectivity index (χ1) is 14.4. The highest BCUT2D eigenvalue weighted by molar-refractivity contribution is 5.91. The van der Waals surface area contributed by atoms with E-state index in [0.717, 1.165) is 24.1 Å². The fourth-order valence-corrected chi connectivity index (χ4v) is 3.89. The smallest absolute Gasteiger partial charge is 0.337 e. The SMILES string of the molecule is Cc1c(CNC(C)CCc2ccccc2)c(C(=O)O)c(C)n1Cc1ccccc1F.